The summed E-state index contributed by atoms with van der Waals surface area (Å²) in [5.41, 5.74) is 0. The molecule has 0 aliphatic carbocycles. The van der Waals surface area contributed by atoms with Crippen LogP contribution in [-0.4, -0.2) is 68.8 Å². The van der Waals surface area contributed by atoms with E-state index in [0.29, 0.717) is 0 Å². The van der Waals surface area contributed by atoms with E-state index >= 15 is 0 Å². The van der Waals surface area contributed by atoms with E-state index in [4.69, 9.17) is 0 Å². The molecule has 22 heteroatoms. The number of hydrogen-bond acceptors (Lipinski definition) is 0. The van der Waals surface area contributed by atoms with Gasteiger partial charge in [-0.25, -0.2) is 0 Å². The molecule has 0 unspecified atom stereocenters. The Balaban J connectivity index is 7.52. The summed E-state index contributed by atoms with van der Waals surface area (Å²) in [4.78, 5) is 0. The summed E-state index contributed by atoms with van der Waals surface area (Å²) in [5, 5.41) is 0. The molecule has 0 aromatic carbocycles. The van der Waals surface area contributed by atoms with Gasteiger partial charge in [0.15, 0.2) is 0 Å². The fourth-order valence-electron chi connectivity index (χ4n) is 1.79. The predicted octanol–water partition coefficient (Wildman–Crippen LogP) is 6.60. The zero-order valence-electron chi connectivity index (χ0n) is 13.0. The second-order valence-corrected chi connectivity index (χ2v) is 14.2. The Kier molecular flexibility index (Phi) is 7.31. The van der Waals surface area contributed by atoms with Crippen molar-refractivity contribution >= 4 is 21.4 Å². The van der Waals surface area contributed by atoms with Crippen molar-refractivity contribution < 1.29 is 92.2 Å². The molecule has 0 aliphatic heterocycles. The molecular weight excluding hydrogens is 622 g/mol. The van der Waals surface area contributed by atoms with E-state index < -0.39 is 68.8 Å². The van der Waals surface area contributed by atoms with Crippen LogP contribution in [0.4, 0.5) is 92.2 Å². The topological polar surface area (TPSA) is 0 Å². The van der Waals surface area contributed by atoms with Gasteiger partial charge in [0.2, 0.25) is 0 Å². The number of hydrogen-bond donors (Lipinski definition) is 0. The third-order valence-electron chi connectivity index (χ3n) is 3.41. The fraction of sp³-hybridized carbons (Fsp3) is 1.00. The summed E-state index contributed by atoms with van der Waals surface area (Å²) in [6.45, 7) is 0. The Labute approximate surface area is 161 Å². The van der Waals surface area contributed by atoms with Gasteiger partial charge >= 0.3 is 161 Å². The van der Waals surface area contributed by atoms with Crippen LogP contribution in [0.15, 0.2) is 0 Å². The van der Waals surface area contributed by atoms with Gasteiger partial charge in [-0.3, -0.25) is 0 Å². The van der Waals surface area contributed by atoms with Gasteiger partial charge in [-0.15, -0.1) is 0 Å². The first-order valence-electron chi connectivity index (χ1n) is 6.33. The van der Waals surface area contributed by atoms with E-state index in [0.717, 1.165) is 0 Å². The molecular formula is C9F21In. The molecule has 0 N–H and O–H groups in total. The summed E-state index contributed by atoms with van der Waals surface area (Å²) in [5.74, 6) is -25.3. The maximum absolute atomic E-state index is 13.5. The Bertz CT molecular complexity index is 555. The third kappa shape index (κ3) is 4.33. The van der Waals surface area contributed by atoms with Gasteiger partial charge < -0.3 is 0 Å². The van der Waals surface area contributed by atoms with E-state index in [1.165, 1.54) is 0 Å². The summed E-state index contributed by atoms with van der Waals surface area (Å²) in [7, 11) is 0. The van der Waals surface area contributed by atoms with Crippen LogP contribution in [0, 0.1) is 0 Å². The van der Waals surface area contributed by atoms with Crippen molar-refractivity contribution in [1.29, 1.82) is 0 Å². The van der Waals surface area contributed by atoms with Crippen LogP contribution in [0.2, 0.25) is 0 Å². The Morgan fingerprint density at radius 2 is 0.387 bits per heavy atom. The van der Waals surface area contributed by atoms with Crippen molar-refractivity contribution in [3.63, 3.8) is 0 Å². The molecule has 0 rings (SSSR count). The maximum atomic E-state index is 13.5. The zero-order chi connectivity index (χ0) is 26.1. The minimum absolute atomic E-state index is 8.04. The van der Waals surface area contributed by atoms with E-state index in [9.17, 15) is 92.2 Å². The molecule has 0 nitrogen and oxygen atoms in total. The molecule has 0 saturated heterocycles. The normalized spacial score (nSPS) is 16.5. The zero-order valence-corrected chi connectivity index (χ0v) is 16.3. The summed E-state index contributed by atoms with van der Waals surface area (Å²) < 4.78 is 240. The van der Waals surface area contributed by atoms with Crippen LogP contribution >= 0.6 is 0 Å². The molecule has 0 radical (unpaired) electrons. The van der Waals surface area contributed by atoms with Crippen LogP contribution in [0.3, 0.4) is 0 Å². The van der Waals surface area contributed by atoms with E-state index in [2.05, 4.69) is 0 Å². The molecule has 0 bridgehead atoms. The van der Waals surface area contributed by atoms with Gasteiger partial charge in [0.05, 0.1) is 0 Å². The second kappa shape index (κ2) is 7.45. The quantitative estimate of drug-likeness (QED) is 0.294. The van der Waals surface area contributed by atoms with Crippen molar-refractivity contribution in [2.24, 2.45) is 0 Å². The summed E-state index contributed by atoms with van der Waals surface area (Å²) in [6, 6.07) is 0. The fourth-order valence-corrected chi connectivity index (χ4v) is 10.2. The molecule has 0 saturated carbocycles. The van der Waals surface area contributed by atoms with Crippen LogP contribution in [0.25, 0.3) is 0 Å². The van der Waals surface area contributed by atoms with Crippen molar-refractivity contribution in [2.75, 3.05) is 0 Å². The van der Waals surface area contributed by atoms with Gasteiger partial charge in [0.1, 0.15) is 0 Å². The van der Waals surface area contributed by atoms with Crippen molar-refractivity contribution in [2.45, 2.75) is 47.3 Å². The van der Waals surface area contributed by atoms with E-state index in [1.54, 1.807) is 0 Å². The van der Waals surface area contributed by atoms with Crippen LogP contribution in [0.1, 0.15) is 0 Å². The van der Waals surface area contributed by atoms with Crippen molar-refractivity contribution in [3.8, 4) is 0 Å². The molecule has 0 aromatic rings. The Morgan fingerprint density at radius 1 is 0.258 bits per heavy atom. The first-order valence-corrected chi connectivity index (χ1v) is 11.3. The standard InChI is InChI=1S/3C3F7.In/c3*4-1(5)2(6,7)3(8,9)10;. The van der Waals surface area contributed by atoms with Crippen LogP contribution in [0.5, 0.6) is 0 Å². The molecule has 186 valence electrons. The average Bonchev–Trinajstić information content (AvgIpc) is 2.41. The number of halogens is 21. The molecule has 0 atom stereocenters. The predicted molar refractivity (Wildman–Crippen MR) is 53.6 cm³/mol. The molecule has 0 heterocycles. The first kappa shape index (κ1) is 30.4. The van der Waals surface area contributed by atoms with Crippen molar-refractivity contribution in [3.05, 3.63) is 0 Å². The Hall–Kier alpha value is -0.600. The number of alkyl halides is 21. The first-order chi connectivity index (χ1) is 12.9. The monoisotopic (exact) mass is 622 g/mol. The molecule has 0 fully saturated rings. The Morgan fingerprint density at radius 3 is 0.484 bits per heavy atom. The minimum atomic E-state index is -11.0. The third-order valence-corrected chi connectivity index (χ3v) is 12.7. The average molecular weight is 622 g/mol. The number of rotatable bonds is 6. The van der Waals surface area contributed by atoms with Gasteiger partial charge in [-0.2, -0.15) is 0 Å². The summed E-state index contributed by atoms with van der Waals surface area (Å²) in [6.07, 6.45) is -24.1. The second-order valence-electron chi connectivity index (χ2n) is 5.52. The van der Waals surface area contributed by atoms with E-state index in [1.807, 2.05) is 0 Å². The van der Waals surface area contributed by atoms with Gasteiger partial charge in [-0.1, -0.05) is 0 Å². The van der Waals surface area contributed by atoms with Gasteiger partial charge in [0, 0.05) is 0 Å². The molecule has 31 heavy (non-hydrogen) atoms. The molecule has 0 spiro atoms. The van der Waals surface area contributed by atoms with Crippen LogP contribution < -0.4 is 0 Å². The van der Waals surface area contributed by atoms with Crippen LogP contribution in [-0.2, 0) is 0 Å². The molecule has 0 amide bonds. The van der Waals surface area contributed by atoms with Gasteiger partial charge in [0.25, 0.3) is 0 Å². The van der Waals surface area contributed by atoms with E-state index in [-0.39, 0.29) is 0 Å². The SMILES string of the molecule is FC(F)(F)C(F)(F)[C](F)(F)[In]([C](F)(F)C(F)(F)C(F)(F)F)[C](F)(F)C(F)(F)C(F)(F)F. The summed E-state index contributed by atoms with van der Waals surface area (Å²) >= 11 is -11.0. The molecule has 0 aromatic heterocycles. The molecule has 0 aliphatic rings. The van der Waals surface area contributed by atoms with Gasteiger partial charge in [-0.05, 0) is 0 Å². The van der Waals surface area contributed by atoms with Crippen molar-refractivity contribution in [1.82, 2.24) is 0 Å².